The second kappa shape index (κ2) is 9.01. The molecule has 1 aromatic rings. The number of thiophene rings is 1. The van der Waals surface area contributed by atoms with Gasteiger partial charge in [0.15, 0.2) is 5.96 Å². The molecular formula is C19H32N4OS. The molecule has 0 spiro atoms. The van der Waals surface area contributed by atoms with Crippen molar-refractivity contribution in [1.82, 2.24) is 15.1 Å². The van der Waals surface area contributed by atoms with Crippen molar-refractivity contribution in [1.29, 1.82) is 0 Å². The van der Waals surface area contributed by atoms with Crippen LogP contribution in [0.3, 0.4) is 0 Å². The zero-order valence-corrected chi connectivity index (χ0v) is 16.6. The first-order valence-corrected chi connectivity index (χ1v) is 10.5. The third-order valence-electron chi connectivity index (χ3n) is 5.37. The van der Waals surface area contributed by atoms with Crippen molar-refractivity contribution in [3.63, 3.8) is 0 Å². The summed E-state index contributed by atoms with van der Waals surface area (Å²) < 4.78 is 5.75. The fourth-order valence-electron chi connectivity index (χ4n) is 3.82. The molecule has 1 aromatic heterocycles. The zero-order chi connectivity index (χ0) is 17.6. The molecule has 0 saturated carbocycles. The smallest absolute Gasteiger partial charge is 0.193 e. The second-order valence-corrected chi connectivity index (χ2v) is 8.01. The number of fused-ring (bicyclic) bond motifs is 1. The summed E-state index contributed by atoms with van der Waals surface area (Å²) in [7, 11) is 1.89. The monoisotopic (exact) mass is 364 g/mol. The molecule has 140 valence electrons. The Morgan fingerprint density at radius 3 is 2.92 bits per heavy atom. The molecule has 0 bridgehead atoms. The van der Waals surface area contributed by atoms with E-state index in [2.05, 4.69) is 45.4 Å². The van der Waals surface area contributed by atoms with Gasteiger partial charge in [0, 0.05) is 57.3 Å². The molecule has 0 radical (unpaired) electrons. The van der Waals surface area contributed by atoms with Crippen LogP contribution in [0.4, 0.5) is 0 Å². The Labute approximate surface area is 156 Å². The van der Waals surface area contributed by atoms with E-state index in [1.54, 1.807) is 4.88 Å². The molecule has 0 aromatic carbocycles. The van der Waals surface area contributed by atoms with Gasteiger partial charge in [0.2, 0.25) is 0 Å². The summed E-state index contributed by atoms with van der Waals surface area (Å²) in [6.45, 7) is 10.5. The molecule has 1 fully saturated rings. The molecule has 6 heteroatoms. The SMILES string of the molecule is CCOC1CCN(C(=NC)NCC(C)N2CCc3sccc3C2)CC1. The largest absolute Gasteiger partial charge is 0.378 e. The Morgan fingerprint density at radius 2 is 2.20 bits per heavy atom. The van der Waals surface area contributed by atoms with Crippen LogP contribution in [0, 0.1) is 0 Å². The number of hydrogen-bond donors (Lipinski definition) is 1. The highest BCUT2D eigenvalue weighted by Gasteiger charge is 2.24. The lowest BCUT2D eigenvalue weighted by molar-refractivity contribution is 0.0263. The molecule has 0 amide bonds. The van der Waals surface area contributed by atoms with Crippen molar-refractivity contribution < 1.29 is 4.74 Å². The number of guanidine groups is 1. The van der Waals surface area contributed by atoms with E-state index in [-0.39, 0.29) is 0 Å². The minimum atomic E-state index is 0.423. The summed E-state index contributed by atoms with van der Waals surface area (Å²) in [4.78, 5) is 11.0. The number of hydrogen-bond acceptors (Lipinski definition) is 4. The maximum Gasteiger partial charge on any atom is 0.193 e. The van der Waals surface area contributed by atoms with Crippen molar-refractivity contribution in [3.8, 4) is 0 Å². The van der Waals surface area contributed by atoms with Crippen molar-refractivity contribution in [3.05, 3.63) is 21.9 Å². The third-order valence-corrected chi connectivity index (χ3v) is 6.39. The van der Waals surface area contributed by atoms with Crippen LogP contribution in [-0.4, -0.2) is 67.7 Å². The molecule has 2 aliphatic rings. The van der Waals surface area contributed by atoms with Gasteiger partial charge in [-0.05, 0) is 50.1 Å². The Morgan fingerprint density at radius 1 is 1.40 bits per heavy atom. The maximum absolute atomic E-state index is 5.75. The first-order chi connectivity index (χ1) is 12.2. The quantitative estimate of drug-likeness (QED) is 0.644. The van der Waals surface area contributed by atoms with E-state index < -0.39 is 0 Å². The first kappa shape index (κ1) is 18.7. The van der Waals surface area contributed by atoms with Gasteiger partial charge in [-0.3, -0.25) is 9.89 Å². The molecule has 1 N–H and O–H groups in total. The normalized spacial score (nSPS) is 21.2. The summed E-state index contributed by atoms with van der Waals surface area (Å²) in [5, 5.41) is 5.82. The van der Waals surface area contributed by atoms with Crippen LogP contribution in [0.5, 0.6) is 0 Å². The molecule has 1 saturated heterocycles. The van der Waals surface area contributed by atoms with Gasteiger partial charge in [-0.1, -0.05) is 0 Å². The molecule has 5 nitrogen and oxygen atoms in total. The summed E-state index contributed by atoms with van der Waals surface area (Å²) in [5.74, 6) is 1.04. The van der Waals surface area contributed by atoms with Crippen LogP contribution in [0.2, 0.25) is 0 Å². The maximum atomic E-state index is 5.75. The van der Waals surface area contributed by atoms with E-state index in [4.69, 9.17) is 4.74 Å². The van der Waals surface area contributed by atoms with Crippen LogP contribution in [0.25, 0.3) is 0 Å². The predicted molar refractivity (Wildman–Crippen MR) is 105 cm³/mol. The molecule has 1 atom stereocenters. The predicted octanol–water partition coefficient (Wildman–Crippen LogP) is 2.57. The fraction of sp³-hybridized carbons (Fsp3) is 0.737. The van der Waals surface area contributed by atoms with Gasteiger partial charge in [0.1, 0.15) is 0 Å². The average molecular weight is 365 g/mol. The molecular weight excluding hydrogens is 332 g/mol. The van der Waals surface area contributed by atoms with E-state index >= 15 is 0 Å². The Hall–Kier alpha value is -1.11. The Balaban J connectivity index is 1.45. The second-order valence-electron chi connectivity index (χ2n) is 7.01. The van der Waals surface area contributed by atoms with Gasteiger partial charge >= 0.3 is 0 Å². The molecule has 2 aliphatic heterocycles. The molecule has 1 unspecified atom stereocenters. The highest BCUT2D eigenvalue weighted by atomic mass is 32.1. The van der Waals surface area contributed by atoms with E-state index in [1.165, 1.54) is 12.0 Å². The number of nitrogens with one attached hydrogen (secondary N) is 1. The minimum Gasteiger partial charge on any atom is -0.378 e. The van der Waals surface area contributed by atoms with Crippen LogP contribution < -0.4 is 5.32 Å². The Kier molecular flexibility index (Phi) is 6.73. The van der Waals surface area contributed by atoms with Gasteiger partial charge in [-0.25, -0.2) is 0 Å². The summed E-state index contributed by atoms with van der Waals surface area (Å²) in [6, 6.07) is 2.79. The first-order valence-electron chi connectivity index (χ1n) is 9.57. The van der Waals surface area contributed by atoms with E-state index in [0.29, 0.717) is 12.1 Å². The van der Waals surface area contributed by atoms with E-state index in [1.807, 2.05) is 18.4 Å². The van der Waals surface area contributed by atoms with Gasteiger partial charge in [0.25, 0.3) is 0 Å². The molecule has 0 aliphatic carbocycles. The van der Waals surface area contributed by atoms with Gasteiger partial charge in [-0.2, -0.15) is 0 Å². The van der Waals surface area contributed by atoms with Crippen LogP contribution in [0.15, 0.2) is 16.4 Å². The highest BCUT2D eigenvalue weighted by molar-refractivity contribution is 7.10. The van der Waals surface area contributed by atoms with Crippen molar-refractivity contribution in [2.45, 2.75) is 51.8 Å². The van der Waals surface area contributed by atoms with Crippen LogP contribution in [-0.2, 0) is 17.7 Å². The lowest BCUT2D eigenvalue weighted by Gasteiger charge is -2.36. The molecule has 25 heavy (non-hydrogen) atoms. The number of ether oxygens (including phenoxy) is 1. The fourth-order valence-corrected chi connectivity index (χ4v) is 4.71. The zero-order valence-electron chi connectivity index (χ0n) is 15.8. The van der Waals surface area contributed by atoms with Crippen molar-refractivity contribution in [2.75, 3.05) is 39.8 Å². The van der Waals surface area contributed by atoms with Crippen LogP contribution >= 0.6 is 11.3 Å². The number of piperidine rings is 1. The number of aliphatic imine (C=N–C) groups is 1. The van der Waals surface area contributed by atoms with Gasteiger partial charge in [-0.15, -0.1) is 11.3 Å². The molecule has 3 heterocycles. The third kappa shape index (κ3) is 4.74. The standard InChI is InChI=1S/C19H32N4OS/c1-4-24-17-5-9-22(10-6-17)19(20-3)21-13-15(2)23-11-7-18-16(14-23)8-12-25-18/h8,12,15,17H,4-7,9-11,13-14H2,1-3H3,(H,20,21). The minimum absolute atomic E-state index is 0.423. The van der Waals surface area contributed by atoms with E-state index in [0.717, 1.165) is 58.1 Å². The van der Waals surface area contributed by atoms with Crippen LogP contribution in [0.1, 0.15) is 37.1 Å². The summed E-state index contributed by atoms with van der Waals surface area (Å²) in [5.41, 5.74) is 1.52. The summed E-state index contributed by atoms with van der Waals surface area (Å²) in [6.07, 6.45) is 3.80. The van der Waals surface area contributed by atoms with Gasteiger partial charge in [0.05, 0.1) is 6.10 Å². The lowest BCUT2D eigenvalue weighted by Crippen LogP contribution is -2.50. The lowest BCUT2D eigenvalue weighted by atomic mass is 10.1. The van der Waals surface area contributed by atoms with Crippen molar-refractivity contribution >= 4 is 17.3 Å². The number of rotatable bonds is 5. The Bertz CT molecular complexity index is 566. The number of likely N-dealkylation sites (tertiary alicyclic amines) is 1. The van der Waals surface area contributed by atoms with E-state index in [9.17, 15) is 0 Å². The van der Waals surface area contributed by atoms with Gasteiger partial charge < -0.3 is 15.0 Å². The highest BCUT2D eigenvalue weighted by Crippen LogP contribution is 2.25. The van der Waals surface area contributed by atoms with Crippen molar-refractivity contribution in [2.24, 2.45) is 4.99 Å². The topological polar surface area (TPSA) is 40.1 Å². The number of nitrogens with zero attached hydrogens (tertiary/aromatic N) is 3. The molecule has 3 rings (SSSR count). The average Bonchev–Trinajstić information content (AvgIpc) is 3.11. The summed E-state index contributed by atoms with van der Waals surface area (Å²) >= 11 is 1.91.